The Morgan fingerprint density at radius 1 is 1.20 bits per heavy atom. The zero-order valence-electron chi connectivity index (χ0n) is 8.86. The first kappa shape index (κ1) is 9.34. The van der Waals surface area contributed by atoms with E-state index in [0.717, 1.165) is 31.6 Å². The van der Waals surface area contributed by atoms with Crippen LogP contribution >= 0.6 is 0 Å². The Balaban J connectivity index is 1.86. The molecule has 0 aromatic rings. The number of hydrogen-bond donors (Lipinski definition) is 1. The predicted molar refractivity (Wildman–Crippen MR) is 60.1 cm³/mol. The third-order valence-electron chi connectivity index (χ3n) is 4.02. The summed E-state index contributed by atoms with van der Waals surface area (Å²) < 4.78 is 5.91. The maximum Gasteiger partial charge on any atom is 0.0643 e. The lowest BCUT2D eigenvalue weighted by Crippen LogP contribution is -2.44. The van der Waals surface area contributed by atoms with E-state index in [9.17, 15) is 0 Å². The summed E-state index contributed by atoms with van der Waals surface area (Å²) in [4.78, 5) is 0. The van der Waals surface area contributed by atoms with Gasteiger partial charge in [0.25, 0.3) is 0 Å². The van der Waals surface area contributed by atoms with E-state index in [1.807, 2.05) is 6.08 Å². The van der Waals surface area contributed by atoms with E-state index >= 15 is 0 Å². The van der Waals surface area contributed by atoms with Gasteiger partial charge < -0.3 is 10.1 Å². The van der Waals surface area contributed by atoms with Crippen molar-refractivity contribution in [2.45, 2.75) is 25.4 Å². The van der Waals surface area contributed by atoms with Crippen LogP contribution in [0.4, 0.5) is 0 Å². The topological polar surface area (TPSA) is 33.1 Å². The largest absolute Gasteiger partial charge is 0.377 e. The van der Waals surface area contributed by atoms with Gasteiger partial charge in [-0.15, -0.1) is 0 Å². The summed E-state index contributed by atoms with van der Waals surface area (Å²) in [5.41, 5.74) is 0.798. The van der Waals surface area contributed by atoms with Gasteiger partial charge in [-0.05, 0) is 37.2 Å². The normalized spacial score (nSPS) is 43.6. The Kier molecular flexibility index (Phi) is 2.24. The van der Waals surface area contributed by atoms with Gasteiger partial charge in [-0.25, -0.2) is 0 Å². The lowest BCUT2D eigenvalue weighted by molar-refractivity contribution is -0.0785. The van der Waals surface area contributed by atoms with Gasteiger partial charge in [0, 0.05) is 11.6 Å². The zero-order chi connectivity index (χ0) is 10.3. The van der Waals surface area contributed by atoms with E-state index in [1.54, 1.807) is 0 Å². The minimum absolute atomic E-state index is 0.426. The van der Waals surface area contributed by atoms with Crippen LogP contribution in [0.3, 0.4) is 0 Å². The molecule has 0 bridgehead atoms. The van der Waals surface area contributed by atoms with Crippen LogP contribution in [-0.4, -0.2) is 18.4 Å². The van der Waals surface area contributed by atoms with Crippen molar-refractivity contribution < 1.29 is 4.74 Å². The summed E-state index contributed by atoms with van der Waals surface area (Å²) in [5, 5.41) is 7.77. The second-order valence-corrected chi connectivity index (χ2v) is 4.89. The Hall–Kier alpha value is -0.890. The van der Waals surface area contributed by atoms with Crippen molar-refractivity contribution >= 4 is 5.71 Å². The van der Waals surface area contributed by atoms with Gasteiger partial charge >= 0.3 is 0 Å². The molecule has 1 aliphatic heterocycles. The molecule has 0 spiro atoms. The second kappa shape index (κ2) is 3.60. The first-order valence-electron chi connectivity index (χ1n) is 5.87. The molecular weight excluding hydrogens is 186 g/mol. The van der Waals surface area contributed by atoms with Crippen molar-refractivity contribution in [3.8, 4) is 0 Å². The van der Waals surface area contributed by atoms with Crippen LogP contribution in [0.5, 0.6) is 0 Å². The van der Waals surface area contributed by atoms with E-state index in [-0.39, 0.29) is 0 Å². The number of nitrogens with one attached hydrogen (secondary N) is 1. The molecule has 4 unspecified atom stereocenters. The van der Waals surface area contributed by atoms with Gasteiger partial charge in [-0.1, -0.05) is 18.2 Å². The molecule has 0 radical (unpaired) electrons. The molecule has 2 nitrogen and oxygen atoms in total. The zero-order valence-corrected chi connectivity index (χ0v) is 8.86. The third kappa shape index (κ3) is 1.57. The molecular formula is C13H17NO. The summed E-state index contributed by atoms with van der Waals surface area (Å²) >= 11 is 0. The lowest BCUT2D eigenvalue weighted by Gasteiger charge is -2.44. The van der Waals surface area contributed by atoms with E-state index in [0.29, 0.717) is 23.9 Å². The number of rotatable bonds is 0. The SMILES string of the molecule is N=C1C=CC2COC3CC=CCC3C2C1. The summed E-state index contributed by atoms with van der Waals surface area (Å²) in [6.45, 7) is 0.865. The highest BCUT2D eigenvalue weighted by Crippen LogP contribution is 2.41. The van der Waals surface area contributed by atoms with Crippen LogP contribution in [0.1, 0.15) is 19.3 Å². The average molecular weight is 203 g/mol. The molecule has 0 saturated carbocycles. The monoisotopic (exact) mass is 203 g/mol. The highest BCUT2D eigenvalue weighted by Gasteiger charge is 2.40. The molecule has 1 fully saturated rings. The van der Waals surface area contributed by atoms with Crippen molar-refractivity contribution in [1.29, 1.82) is 5.41 Å². The average Bonchev–Trinajstić information content (AvgIpc) is 2.29. The van der Waals surface area contributed by atoms with Gasteiger partial charge in [-0.2, -0.15) is 0 Å². The van der Waals surface area contributed by atoms with E-state index in [4.69, 9.17) is 10.1 Å². The fourth-order valence-corrected chi connectivity index (χ4v) is 3.19. The van der Waals surface area contributed by atoms with Crippen molar-refractivity contribution in [3.63, 3.8) is 0 Å². The molecule has 0 aromatic heterocycles. The lowest BCUT2D eigenvalue weighted by atomic mass is 9.68. The second-order valence-electron chi connectivity index (χ2n) is 4.89. The van der Waals surface area contributed by atoms with Gasteiger partial charge in [-0.3, -0.25) is 0 Å². The highest BCUT2D eigenvalue weighted by atomic mass is 16.5. The molecule has 1 saturated heterocycles. The van der Waals surface area contributed by atoms with Crippen molar-refractivity contribution in [1.82, 2.24) is 0 Å². The number of hydrogen-bond acceptors (Lipinski definition) is 2. The summed E-state index contributed by atoms with van der Waals surface area (Å²) in [6.07, 6.45) is 12.3. The summed E-state index contributed by atoms with van der Waals surface area (Å²) in [5.74, 6) is 1.87. The number of ether oxygens (including phenoxy) is 1. The molecule has 0 amide bonds. The first-order valence-corrected chi connectivity index (χ1v) is 5.87. The Bertz CT molecular complexity index is 331. The van der Waals surface area contributed by atoms with Crippen molar-refractivity contribution in [2.24, 2.45) is 17.8 Å². The van der Waals surface area contributed by atoms with Gasteiger partial charge in [0.1, 0.15) is 0 Å². The van der Waals surface area contributed by atoms with Gasteiger partial charge in [0.2, 0.25) is 0 Å². The van der Waals surface area contributed by atoms with Crippen molar-refractivity contribution in [2.75, 3.05) is 6.61 Å². The maximum absolute atomic E-state index is 7.77. The molecule has 4 atom stereocenters. The molecule has 2 aliphatic carbocycles. The van der Waals surface area contributed by atoms with Crippen LogP contribution in [0, 0.1) is 23.2 Å². The Labute approximate surface area is 90.5 Å². The quantitative estimate of drug-likeness (QED) is 0.603. The smallest absolute Gasteiger partial charge is 0.0643 e. The Morgan fingerprint density at radius 2 is 2.07 bits per heavy atom. The molecule has 1 heterocycles. The van der Waals surface area contributed by atoms with Crippen molar-refractivity contribution in [3.05, 3.63) is 24.3 Å². The predicted octanol–water partition coefficient (Wildman–Crippen LogP) is 2.56. The minimum Gasteiger partial charge on any atom is -0.377 e. The molecule has 3 rings (SSSR count). The fraction of sp³-hybridized carbons (Fsp3) is 0.615. The fourth-order valence-electron chi connectivity index (χ4n) is 3.19. The first-order chi connectivity index (χ1) is 7.34. The highest BCUT2D eigenvalue weighted by molar-refractivity contribution is 5.93. The molecule has 0 aromatic carbocycles. The minimum atomic E-state index is 0.426. The third-order valence-corrected chi connectivity index (χ3v) is 4.02. The molecule has 3 aliphatic rings. The van der Waals surface area contributed by atoms with Gasteiger partial charge in [0.05, 0.1) is 12.7 Å². The van der Waals surface area contributed by atoms with Crippen LogP contribution < -0.4 is 0 Å². The van der Waals surface area contributed by atoms with E-state index in [2.05, 4.69) is 18.2 Å². The number of allylic oxidation sites excluding steroid dienone is 2. The number of fused-ring (bicyclic) bond motifs is 3. The van der Waals surface area contributed by atoms with E-state index < -0.39 is 0 Å². The standard InChI is InChI=1S/C13H17NO/c14-10-6-5-9-8-15-13-4-2-1-3-11(13)12(9)7-10/h1-2,5-6,9,11-14H,3-4,7-8H2. The molecule has 15 heavy (non-hydrogen) atoms. The molecule has 2 heteroatoms. The van der Waals surface area contributed by atoms with Crippen LogP contribution in [0.2, 0.25) is 0 Å². The van der Waals surface area contributed by atoms with Gasteiger partial charge in [0.15, 0.2) is 0 Å². The van der Waals surface area contributed by atoms with Crippen LogP contribution in [-0.2, 0) is 4.74 Å². The molecule has 80 valence electrons. The van der Waals surface area contributed by atoms with E-state index in [1.165, 1.54) is 0 Å². The summed E-state index contributed by atoms with van der Waals surface area (Å²) in [7, 11) is 0. The van der Waals surface area contributed by atoms with Crippen LogP contribution in [0.15, 0.2) is 24.3 Å². The molecule has 1 N–H and O–H groups in total. The summed E-state index contributed by atoms with van der Waals surface area (Å²) in [6, 6.07) is 0. The van der Waals surface area contributed by atoms with Crippen LogP contribution in [0.25, 0.3) is 0 Å². The Morgan fingerprint density at radius 3 is 3.00 bits per heavy atom. The maximum atomic E-state index is 7.77.